The summed E-state index contributed by atoms with van der Waals surface area (Å²) in [5, 5.41) is 12.9. The lowest BCUT2D eigenvalue weighted by Gasteiger charge is -2.27. The van der Waals surface area contributed by atoms with E-state index in [0.29, 0.717) is 6.04 Å². The highest BCUT2D eigenvalue weighted by Gasteiger charge is 2.24. The largest absolute Gasteiger partial charge is 0.396 e. The zero-order valence-corrected chi connectivity index (χ0v) is 12.3. The van der Waals surface area contributed by atoms with E-state index in [1.807, 2.05) is 7.05 Å². The van der Waals surface area contributed by atoms with Crippen LogP contribution in [0.2, 0.25) is 5.02 Å². The highest BCUT2D eigenvalue weighted by molar-refractivity contribution is 6.31. The molecule has 1 saturated heterocycles. The SMILES string of the molecule is CNCc1ccc(N2CCCC2CCCO)cc1Cl. The Morgan fingerprint density at radius 1 is 1.47 bits per heavy atom. The Balaban J connectivity index is 2.10. The first-order valence-corrected chi connectivity index (χ1v) is 7.44. The van der Waals surface area contributed by atoms with Crippen LogP contribution in [0.25, 0.3) is 0 Å². The predicted octanol–water partition coefficient (Wildman–Crippen LogP) is 2.80. The average molecular weight is 283 g/mol. The van der Waals surface area contributed by atoms with E-state index in [1.165, 1.54) is 18.5 Å². The predicted molar refractivity (Wildman–Crippen MR) is 80.9 cm³/mol. The van der Waals surface area contributed by atoms with Crippen LogP contribution >= 0.6 is 11.6 Å². The molecule has 1 unspecified atom stereocenters. The molecule has 1 fully saturated rings. The van der Waals surface area contributed by atoms with Crippen LogP contribution in [0.1, 0.15) is 31.2 Å². The molecule has 0 bridgehead atoms. The third-order valence-electron chi connectivity index (χ3n) is 3.81. The summed E-state index contributed by atoms with van der Waals surface area (Å²) in [4.78, 5) is 2.44. The molecule has 19 heavy (non-hydrogen) atoms. The quantitative estimate of drug-likeness (QED) is 0.842. The Bertz CT molecular complexity index is 411. The molecule has 0 radical (unpaired) electrons. The van der Waals surface area contributed by atoms with Crippen molar-refractivity contribution in [3.8, 4) is 0 Å². The first-order valence-electron chi connectivity index (χ1n) is 7.06. The van der Waals surface area contributed by atoms with Crippen molar-refractivity contribution in [3.05, 3.63) is 28.8 Å². The Labute approximate surface area is 120 Å². The smallest absolute Gasteiger partial charge is 0.0471 e. The van der Waals surface area contributed by atoms with Crippen LogP contribution < -0.4 is 10.2 Å². The number of halogens is 1. The average Bonchev–Trinajstić information content (AvgIpc) is 2.87. The van der Waals surface area contributed by atoms with Crippen LogP contribution in [0, 0.1) is 0 Å². The van der Waals surface area contributed by atoms with Crippen molar-refractivity contribution in [1.29, 1.82) is 0 Å². The highest BCUT2D eigenvalue weighted by Crippen LogP contribution is 2.31. The lowest BCUT2D eigenvalue weighted by atomic mass is 10.1. The van der Waals surface area contributed by atoms with E-state index in [-0.39, 0.29) is 6.61 Å². The molecule has 106 valence electrons. The molecule has 2 N–H and O–H groups in total. The van der Waals surface area contributed by atoms with Crippen LogP contribution in [-0.4, -0.2) is 31.3 Å². The number of nitrogens with zero attached hydrogens (tertiary/aromatic N) is 1. The minimum Gasteiger partial charge on any atom is -0.396 e. The second-order valence-corrected chi connectivity index (χ2v) is 5.57. The van der Waals surface area contributed by atoms with Gasteiger partial charge in [-0.25, -0.2) is 0 Å². The topological polar surface area (TPSA) is 35.5 Å². The minimum atomic E-state index is 0.284. The molecule has 1 aromatic rings. The van der Waals surface area contributed by atoms with Gasteiger partial charge in [0.05, 0.1) is 0 Å². The number of aliphatic hydroxyl groups is 1. The maximum Gasteiger partial charge on any atom is 0.0471 e. The Morgan fingerprint density at radius 3 is 3.00 bits per heavy atom. The third kappa shape index (κ3) is 3.62. The molecule has 0 amide bonds. The Morgan fingerprint density at radius 2 is 2.32 bits per heavy atom. The molecular weight excluding hydrogens is 260 g/mol. The van der Waals surface area contributed by atoms with E-state index in [0.717, 1.165) is 36.5 Å². The molecule has 1 aliphatic heterocycles. The maximum absolute atomic E-state index is 8.98. The van der Waals surface area contributed by atoms with Crippen molar-refractivity contribution in [1.82, 2.24) is 5.32 Å². The number of hydrogen-bond donors (Lipinski definition) is 2. The van der Waals surface area contributed by atoms with Crippen LogP contribution in [0.4, 0.5) is 5.69 Å². The van der Waals surface area contributed by atoms with E-state index < -0.39 is 0 Å². The van der Waals surface area contributed by atoms with Crippen LogP contribution in [-0.2, 0) is 6.54 Å². The van der Waals surface area contributed by atoms with Crippen molar-refractivity contribution in [3.63, 3.8) is 0 Å². The van der Waals surface area contributed by atoms with Gasteiger partial charge >= 0.3 is 0 Å². The van der Waals surface area contributed by atoms with Crippen LogP contribution in [0.5, 0.6) is 0 Å². The summed E-state index contributed by atoms with van der Waals surface area (Å²) in [6, 6.07) is 6.90. The third-order valence-corrected chi connectivity index (χ3v) is 4.16. The molecular formula is C15H23ClN2O. The summed E-state index contributed by atoms with van der Waals surface area (Å²) in [6.45, 7) is 2.18. The Hall–Kier alpha value is -0.770. The van der Waals surface area contributed by atoms with Crippen LogP contribution in [0.15, 0.2) is 18.2 Å². The molecule has 4 heteroatoms. The van der Waals surface area contributed by atoms with Gasteiger partial charge in [0.2, 0.25) is 0 Å². The summed E-state index contributed by atoms with van der Waals surface area (Å²) in [7, 11) is 1.93. The molecule has 0 aromatic heterocycles. The number of aliphatic hydroxyl groups excluding tert-OH is 1. The summed E-state index contributed by atoms with van der Waals surface area (Å²) in [6.07, 6.45) is 4.39. The Kier molecular flexibility index (Phi) is 5.49. The van der Waals surface area contributed by atoms with Gasteiger partial charge < -0.3 is 15.3 Å². The maximum atomic E-state index is 8.98. The summed E-state index contributed by atoms with van der Waals surface area (Å²) < 4.78 is 0. The number of benzene rings is 1. The molecule has 0 saturated carbocycles. The number of nitrogens with one attached hydrogen (secondary N) is 1. The highest BCUT2D eigenvalue weighted by atomic mass is 35.5. The van der Waals surface area contributed by atoms with Crippen LogP contribution in [0.3, 0.4) is 0 Å². The molecule has 1 aliphatic rings. The van der Waals surface area contributed by atoms with Gasteiger partial charge in [-0.1, -0.05) is 17.7 Å². The van der Waals surface area contributed by atoms with Gasteiger partial charge in [-0.3, -0.25) is 0 Å². The molecule has 0 spiro atoms. The van der Waals surface area contributed by atoms with Gasteiger partial charge in [-0.05, 0) is 50.4 Å². The van der Waals surface area contributed by atoms with E-state index in [4.69, 9.17) is 16.7 Å². The van der Waals surface area contributed by atoms with Crippen molar-refractivity contribution >= 4 is 17.3 Å². The normalized spacial score (nSPS) is 19.1. The number of anilines is 1. The molecule has 1 aromatic carbocycles. The number of hydrogen-bond acceptors (Lipinski definition) is 3. The molecule has 1 atom stereocenters. The molecule has 3 nitrogen and oxygen atoms in total. The standard InChI is InChI=1S/C15H23ClN2O/c1-17-11-12-6-7-14(10-15(12)16)18-8-2-4-13(18)5-3-9-19/h6-7,10,13,17,19H,2-5,8-9,11H2,1H3. The van der Waals surface area contributed by atoms with Gasteiger partial charge in [0.25, 0.3) is 0 Å². The van der Waals surface area contributed by atoms with E-state index in [2.05, 4.69) is 28.4 Å². The zero-order chi connectivity index (χ0) is 13.7. The van der Waals surface area contributed by atoms with Gasteiger partial charge in [-0.2, -0.15) is 0 Å². The van der Waals surface area contributed by atoms with E-state index in [9.17, 15) is 0 Å². The van der Waals surface area contributed by atoms with Gasteiger partial charge in [-0.15, -0.1) is 0 Å². The second kappa shape index (κ2) is 7.13. The van der Waals surface area contributed by atoms with Crippen molar-refractivity contribution in [2.24, 2.45) is 0 Å². The first kappa shape index (κ1) is 14.6. The van der Waals surface area contributed by atoms with Crippen molar-refractivity contribution in [2.75, 3.05) is 25.1 Å². The molecule has 1 heterocycles. The fourth-order valence-corrected chi connectivity index (χ4v) is 3.09. The lowest BCUT2D eigenvalue weighted by Crippen LogP contribution is -2.29. The van der Waals surface area contributed by atoms with Gasteiger partial charge in [0.15, 0.2) is 0 Å². The van der Waals surface area contributed by atoms with E-state index in [1.54, 1.807) is 0 Å². The molecule has 0 aliphatic carbocycles. The lowest BCUT2D eigenvalue weighted by molar-refractivity contribution is 0.279. The monoisotopic (exact) mass is 282 g/mol. The number of rotatable bonds is 6. The minimum absolute atomic E-state index is 0.284. The van der Waals surface area contributed by atoms with Crippen molar-refractivity contribution in [2.45, 2.75) is 38.3 Å². The summed E-state index contributed by atoms with van der Waals surface area (Å²) in [5.74, 6) is 0. The molecule has 2 rings (SSSR count). The fraction of sp³-hybridized carbons (Fsp3) is 0.600. The van der Waals surface area contributed by atoms with Crippen molar-refractivity contribution < 1.29 is 5.11 Å². The van der Waals surface area contributed by atoms with E-state index >= 15 is 0 Å². The summed E-state index contributed by atoms with van der Waals surface area (Å²) >= 11 is 6.33. The van der Waals surface area contributed by atoms with Gasteiger partial charge in [0, 0.05) is 36.4 Å². The fourth-order valence-electron chi connectivity index (χ4n) is 2.85. The second-order valence-electron chi connectivity index (χ2n) is 5.16. The summed E-state index contributed by atoms with van der Waals surface area (Å²) in [5.41, 5.74) is 2.35. The first-order chi connectivity index (χ1) is 9.26. The van der Waals surface area contributed by atoms with Gasteiger partial charge in [0.1, 0.15) is 0 Å². The zero-order valence-electron chi connectivity index (χ0n) is 11.5.